The maximum atomic E-state index is 8.58. The van der Waals surface area contributed by atoms with E-state index >= 15 is 0 Å². The monoisotopic (exact) mass is 205 g/mol. The number of thioether (sulfide) groups is 1. The quantitative estimate of drug-likeness (QED) is 0.690. The van der Waals surface area contributed by atoms with E-state index in [0.29, 0.717) is 5.75 Å². The van der Waals surface area contributed by atoms with Gasteiger partial charge in [-0.15, -0.1) is 11.8 Å². The Kier molecular flexibility index (Phi) is 3.60. The molecular weight excluding hydrogens is 190 g/mol. The first kappa shape index (κ1) is 11.1. The van der Waals surface area contributed by atoms with Crippen molar-refractivity contribution in [3.8, 4) is 6.07 Å². The van der Waals surface area contributed by atoms with Gasteiger partial charge in [-0.05, 0) is 49.9 Å². The van der Waals surface area contributed by atoms with Crippen LogP contribution in [0.25, 0.3) is 0 Å². The van der Waals surface area contributed by atoms with Crippen LogP contribution in [0.3, 0.4) is 0 Å². The molecule has 1 nitrogen and oxygen atoms in total. The van der Waals surface area contributed by atoms with Gasteiger partial charge in [-0.1, -0.05) is 6.07 Å². The van der Waals surface area contributed by atoms with Crippen molar-refractivity contribution in [2.75, 3.05) is 5.75 Å². The maximum absolute atomic E-state index is 8.58. The third-order valence-corrected chi connectivity index (χ3v) is 3.75. The van der Waals surface area contributed by atoms with Crippen LogP contribution in [0.5, 0.6) is 0 Å². The predicted octanol–water partition coefficient (Wildman–Crippen LogP) is 3.54. The number of aryl methyl sites for hydroxylation is 2. The molecule has 0 saturated carbocycles. The van der Waals surface area contributed by atoms with Crippen molar-refractivity contribution in [1.29, 1.82) is 5.26 Å². The summed E-state index contributed by atoms with van der Waals surface area (Å²) in [6.45, 7) is 8.50. The van der Waals surface area contributed by atoms with Crippen LogP contribution in [0, 0.1) is 39.0 Å². The first-order valence-corrected chi connectivity index (χ1v) is 5.63. The van der Waals surface area contributed by atoms with Crippen LogP contribution in [-0.2, 0) is 0 Å². The molecule has 0 spiro atoms. The van der Waals surface area contributed by atoms with E-state index in [1.807, 2.05) is 0 Å². The number of hydrogen-bond acceptors (Lipinski definition) is 2. The van der Waals surface area contributed by atoms with E-state index in [1.165, 1.54) is 27.1 Å². The minimum atomic E-state index is 0.532. The number of benzene rings is 1. The van der Waals surface area contributed by atoms with Crippen LogP contribution < -0.4 is 0 Å². The molecule has 0 atom stereocenters. The Bertz CT molecular complexity index is 362. The molecule has 0 aromatic heterocycles. The van der Waals surface area contributed by atoms with Gasteiger partial charge in [0.05, 0.1) is 11.8 Å². The zero-order chi connectivity index (χ0) is 10.7. The highest BCUT2D eigenvalue weighted by Gasteiger charge is 2.08. The minimum Gasteiger partial charge on any atom is -0.197 e. The van der Waals surface area contributed by atoms with Crippen LogP contribution in [0.4, 0.5) is 0 Å². The topological polar surface area (TPSA) is 23.8 Å². The number of hydrogen-bond donors (Lipinski definition) is 0. The molecule has 1 aromatic carbocycles. The lowest BCUT2D eigenvalue weighted by Crippen LogP contribution is -1.93. The van der Waals surface area contributed by atoms with Gasteiger partial charge >= 0.3 is 0 Å². The van der Waals surface area contributed by atoms with Gasteiger partial charge in [0, 0.05) is 4.90 Å². The van der Waals surface area contributed by atoms with Gasteiger partial charge in [0.25, 0.3) is 0 Å². The van der Waals surface area contributed by atoms with Crippen molar-refractivity contribution < 1.29 is 0 Å². The zero-order valence-electron chi connectivity index (χ0n) is 9.14. The molecule has 0 heterocycles. The molecular formula is C12H15NS. The Morgan fingerprint density at radius 2 is 1.64 bits per heavy atom. The van der Waals surface area contributed by atoms with Crippen LogP contribution in [-0.4, -0.2) is 5.75 Å². The van der Waals surface area contributed by atoms with Gasteiger partial charge < -0.3 is 0 Å². The summed E-state index contributed by atoms with van der Waals surface area (Å²) in [6.07, 6.45) is 0. The van der Waals surface area contributed by atoms with E-state index in [1.54, 1.807) is 11.8 Å². The van der Waals surface area contributed by atoms with E-state index in [-0.39, 0.29) is 0 Å². The molecule has 0 aliphatic carbocycles. The summed E-state index contributed by atoms with van der Waals surface area (Å²) in [6, 6.07) is 4.38. The Morgan fingerprint density at radius 1 is 1.14 bits per heavy atom. The number of rotatable bonds is 2. The van der Waals surface area contributed by atoms with Gasteiger partial charge in [0.15, 0.2) is 0 Å². The second-order valence-corrected chi connectivity index (χ2v) is 4.52. The summed E-state index contributed by atoms with van der Waals surface area (Å²) >= 11 is 1.64. The Balaban J connectivity index is 3.19. The van der Waals surface area contributed by atoms with Crippen LogP contribution in [0.2, 0.25) is 0 Å². The predicted molar refractivity (Wildman–Crippen MR) is 61.7 cm³/mol. The van der Waals surface area contributed by atoms with Crippen molar-refractivity contribution in [3.63, 3.8) is 0 Å². The molecule has 0 radical (unpaired) electrons. The highest BCUT2D eigenvalue weighted by Crippen LogP contribution is 2.30. The standard InChI is InChI=1S/C12H15NS/c1-8-7-9(2)11(4)12(10(8)3)14-6-5-13/h7H,6H2,1-4H3. The molecule has 14 heavy (non-hydrogen) atoms. The highest BCUT2D eigenvalue weighted by atomic mass is 32.2. The number of nitrogens with zero attached hydrogens (tertiary/aromatic N) is 1. The van der Waals surface area contributed by atoms with Gasteiger partial charge in [0.1, 0.15) is 0 Å². The summed E-state index contributed by atoms with van der Waals surface area (Å²) in [5, 5.41) is 8.58. The largest absolute Gasteiger partial charge is 0.197 e. The Hall–Kier alpha value is -0.940. The molecule has 0 fully saturated rings. The summed E-state index contributed by atoms with van der Waals surface area (Å²) in [7, 11) is 0. The lowest BCUT2D eigenvalue weighted by Gasteiger charge is -2.13. The molecule has 0 aliphatic rings. The fourth-order valence-corrected chi connectivity index (χ4v) is 2.47. The SMILES string of the molecule is Cc1cc(C)c(C)c(SCC#N)c1C. The van der Waals surface area contributed by atoms with Crippen molar-refractivity contribution in [3.05, 3.63) is 28.3 Å². The average Bonchev–Trinajstić information content (AvgIpc) is 2.15. The van der Waals surface area contributed by atoms with E-state index in [9.17, 15) is 0 Å². The summed E-state index contributed by atoms with van der Waals surface area (Å²) in [5.41, 5.74) is 5.25. The Morgan fingerprint density at radius 3 is 2.07 bits per heavy atom. The number of nitriles is 1. The Labute approximate surface area is 90.1 Å². The summed E-state index contributed by atoms with van der Waals surface area (Å²) < 4.78 is 0. The molecule has 0 N–H and O–H groups in total. The minimum absolute atomic E-state index is 0.532. The van der Waals surface area contributed by atoms with E-state index in [0.717, 1.165) is 0 Å². The van der Waals surface area contributed by atoms with E-state index in [4.69, 9.17) is 5.26 Å². The maximum Gasteiger partial charge on any atom is 0.0855 e. The fraction of sp³-hybridized carbons (Fsp3) is 0.417. The van der Waals surface area contributed by atoms with Crippen molar-refractivity contribution in [1.82, 2.24) is 0 Å². The van der Waals surface area contributed by atoms with Crippen LogP contribution in [0.15, 0.2) is 11.0 Å². The zero-order valence-corrected chi connectivity index (χ0v) is 9.96. The van der Waals surface area contributed by atoms with E-state index in [2.05, 4.69) is 39.8 Å². The third kappa shape index (κ3) is 2.10. The van der Waals surface area contributed by atoms with Gasteiger partial charge in [-0.25, -0.2) is 0 Å². The molecule has 1 rings (SSSR count). The molecule has 74 valence electrons. The lowest BCUT2D eigenvalue weighted by molar-refractivity contribution is 1.13. The second kappa shape index (κ2) is 4.52. The molecule has 0 unspecified atom stereocenters. The highest BCUT2D eigenvalue weighted by molar-refractivity contribution is 7.99. The lowest BCUT2D eigenvalue weighted by atomic mass is 10.0. The third-order valence-electron chi connectivity index (χ3n) is 2.58. The van der Waals surface area contributed by atoms with Gasteiger partial charge in [-0.2, -0.15) is 5.26 Å². The smallest absolute Gasteiger partial charge is 0.0855 e. The van der Waals surface area contributed by atoms with Crippen molar-refractivity contribution >= 4 is 11.8 Å². The van der Waals surface area contributed by atoms with Crippen molar-refractivity contribution in [2.45, 2.75) is 32.6 Å². The van der Waals surface area contributed by atoms with Gasteiger partial charge in [-0.3, -0.25) is 0 Å². The molecule has 1 aromatic rings. The fourth-order valence-electron chi connectivity index (χ4n) is 1.50. The first-order chi connectivity index (χ1) is 6.57. The summed E-state index contributed by atoms with van der Waals surface area (Å²) in [5.74, 6) is 0.532. The second-order valence-electron chi connectivity index (χ2n) is 3.54. The first-order valence-electron chi connectivity index (χ1n) is 4.65. The van der Waals surface area contributed by atoms with Crippen LogP contribution >= 0.6 is 11.8 Å². The summed E-state index contributed by atoms with van der Waals surface area (Å²) in [4.78, 5) is 1.28. The molecule has 0 amide bonds. The molecule has 0 bridgehead atoms. The van der Waals surface area contributed by atoms with Gasteiger partial charge in [0.2, 0.25) is 0 Å². The van der Waals surface area contributed by atoms with Crippen molar-refractivity contribution in [2.24, 2.45) is 0 Å². The molecule has 0 aliphatic heterocycles. The van der Waals surface area contributed by atoms with Crippen LogP contribution in [0.1, 0.15) is 22.3 Å². The molecule has 2 heteroatoms. The van der Waals surface area contributed by atoms with E-state index < -0.39 is 0 Å². The molecule has 0 saturated heterocycles. The average molecular weight is 205 g/mol. The normalized spacial score (nSPS) is 9.93.